The SMILES string of the molecule is Cc1nc(C(C)C(=O)O)nc2c1CCSC2. The van der Waals surface area contributed by atoms with E-state index in [4.69, 9.17) is 5.11 Å². The van der Waals surface area contributed by atoms with Gasteiger partial charge >= 0.3 is 5.97 Å². The molecular weight excluding hydrogens is 224 g/mol. The van der Waals surface area contributed by atoms with Crippen molar-refractivity contribution in [1.82, 2.24) is 9.97 Å². The van der Waals surface area contributed by atoms with Gasteiger partial charge in [-0.15, -0.1) is 0 Å². The van der Waals surface area contributed by atoms with E-state index < -0.39 is 11.9 Å². The van der Waals surface area contributed by atoms with E-state index in [1.165, 1.54) is 5.56 Å². The predicted octanol–water partition coefficient (Wildman–Crippen LogP) is 1.76. The lowest BCUT2D eigenvalue weighted by atomic mass is 10.1. The fourth-order valence-electron chi connectivity index (χ4n) is 1.77. The van der Waals surface area contributed by atoms with Crippen LogP contribution in [0.4, 0.5) is 0 Å². The topological polar surface area (TPSA) is 63.1 Å². The van der Waals surface area contributed by atoms with Crippen LogP contribution in [0.1, 0.15) is 35.6 Å². The van der Waals surface area contributed by atoms with Crippen LogP contribution in [0.2, 0.25) is 0 Å². The average molecular weight is 238 g/mol. The van der Waals surface area contributed by atoms with Gasteiger partial charge in [-0.05, 0) is 31.6 Å². The van der Waals surface area contributed by atoms with E-state index in [0.717, 1.165) is 29.3 Å². The number of hydrogen-bond donors (Lipinski definition) is 1. The standard InChI is InChI=1S/C11H14N2O2S/c1-6(11(14)15)10-12-7(2)8-3-4-16-5-9(8)13-10/h6H,3-5H2,1-2H3,(H,14,15). The van der Waals surface area contributed by atoms with E-state index in [9.17, 15) is 4.79 Å². The maximum absolute atomic E-state index is 10.9. The number of rotatable bonds is 2. The van der Waals surface area contributed by atoms with Gasteiger partial charge in [0.2, 0.25) is 0 Å². The molecule has 0 amide bonds. The van der Waals surface area contributed by atoms with Crippen LogP contribution in [0.25, 0.3) is 0 Å². The number of carboxylic acids is 1. The normalized spacial score (nSPS) is 16.6. The van der Waals surface area contributed by atoms with Crippen LogP contribution >= 0.6 is 11.8 Å². The maximum atomic E-state index is 10.9. The van der Waals surface area contributed by atoms with Gasteiger partial charge in [-0.3, -0.25) is 4.79 Å². The molecule has 0 radical (unpaired) electrons. The van der Waals surface area contributed by atoms with Crippen molar-refractivity contribution in [3.05, 3.63) is 22.8 Å². The van der Waals surface area contributed by atoms with Crippen molar-refractivity contribution in [2.45, 2.75) is 31.9 Å². The molecule has 0 saturated carbocycles. The first kappa shape index (κ1) is 11.4. The monoisotopic (exact) mass is 238 g/mol. The third-order valence-corrected chi connectivity index (χ3v) is 3.78. The number of carboxylic acid groups (broad SMARTS) is 1. The molecule has 5 heteroatoms. The van der Waals surface area contributed by atoms with E-state index in [1.807, 2.05) is 18.7 Å². The molecule has 0 spiro atoms. The summed E-state index contributed by atoms with van der Waals surface area (Å²) >= 11 is 1.84. The smallest absolute Gasteiger partial charge is 0.313 e. The number of carbonyl (C=O) groups is 1. The third-order valence-electron chi connectivity index (χ3n) is 2.81. The van der Waals surface area contributed by atoms with E-state index >= 15 is 0 Å². The number of nitrogens with zero attached hydrogens (tertiary/aromatic N) is 2. The molecule has 86 valence electrons. The summed E-state index contributed by atoms with van der Waals surface area (Å²) in [6.07, 6.45) is 0.994. The number of fused-ring (bicyclic) bond motifs is 1. The van der Waals surface area contributed by atoms with Gasteiger partial charge in [0.1, 0.15) is 11.7 Å². The molecule has 1 aromatic rings. The van der Waals surface area contributed by atoms with Gasteiger partial charge in [0, 0.05) is 11.4 Å². The minimum Gasteiger partial charge on any atom is -0.481 e. The van der Waals surface area contributed by atoms with Gasteiger partial charge in [-0.2, -0.15) is 11.8 Å². The fourth-order valence-corrected chi connectivity index (χ4v) is 2.70. The van der Waals surface area contributed by atoms with Crippen molar-refractivity contribution in [3.8, 4) is 0 Å². The number of aromatic nitrogens is 2. The molecule has 0 aliphatic carbocycles. The fraction of sp³-hybridized carbons (Fsp3) is 0.545. The molecule has 1 aromatic heterocycles. The number of aryl methyl sites for hydroxylation is 1. The lowest BCUT2D eigenvalue weighted by Crippen LogP contribution is -2.17. The van der Waals surface area contributed by atoms with Gasteiger partial charge in [0.15, 0.2) is 0 Å². The summed E-state index contributed by atoms with van der Waals surface area (Å²) in [6, 6.07) is 0. The Bertz CT molecular complexity index is 434. The number of thioether (sulfide) groups is 1. The first-order valence-electron chi connectivity index (χ1n) is 5.26. The molecule has 0 aromatic carbocycles. The second-order valence-electron chi connectivity index (χ2n) is 3.95. The third kappa shape index (κ3) is 2.04. The van der Waals surface area contributed by atoms with E-state index in [0.29, 0.717) is 5.82 Å². The summed E-state index contributed by atoms with van der Waals surface area (Å²) in [6.45, 7) is 3.56. The van der Waals surface area contributed by atoms with Gasteiger partial charge in [-0.1, -0.05) is 0 Å². The second-order valence-corrected chi connectivity index (χ2v) is 5.06. The first-order chi connectivity index (χ1) is 7.59. The summed E-state index contributed by atoms with van der Waals surface area (Å²) in [5.74, 6) is 0.910. The van der Waals surface area contributed by atoms with Crippen LogP contribution in [0.5, 0.6) is 0 Å². The largest absolute Gasteiger partial charge is 0.481 e. The first-order valence-corrected chi connectivity index (χ1v) is 6.42. The highest BCUT2D eigenvalue weighted by Gasteiger charge is 2.21. The minimum atomic E-state index is -0.872. The van der Waals surface area contributed by atoms with Crippen molar-refractivity contribution in [1.29, 1.82) is 0 Å². The molecule has 1 N–H and O–H groups in total. The zero-order valence-electron chi connectivity index (χ0n) is 9.36. The Hall–Kier alpha value is -1.10. The highest BCUT2D eigenvalue weighted by molar-refractivity contribution is 7.98. The van der Waals surface area contributed by atoms with Crippen LogP contribution in [-0.4, -0.2) is 26.8 Å². The van der Waals surface area contributed by atoms with Crippen molar-refractivity contribution in [2.75, 3.05) is 5.75 Å². The highest BCUT2D eigenvalue weighted by Crippen LogP contribution is 2.26. The van der Waals surface area contributed by atoms with Crippen molar-refractivity contribution in [3.63, 3.8) is 0 Å². The summed E-state index contributed by atoms with van der Waals surface area (Å²) in [5.41, 5.74) is 3.17. The molecule has 0 fully saturated rings. The molecular formula is C11H14N2O2S. The van der Waals surface area contributed by atoms with Crippen molar-refractivity contribution < 1.29 is 9.90 Å². The van der Waals surface area contributed by atoms with Crippen LogP contribution in [-0.2, 0) is 17.0 Å². The molecule has 4 nitrogen and oxygen atoms in total. The van der Waals surface area contributed by atoms with E-state index in [1.54, 1.807) is 6.92 Å². The molecule has 1 atom stereocenters. The molecule has 0 bridgehead atoms. The highest BCUT2D eigenvalue weighted by atomic mass is 32.2. The summed E-state index contributed by atoms with van der Waals surface area (Å²) in [5, 5.41) is 8.95. The predicted molar refractivity (Wildman–Crippen MR) is 62.7 cm³/mol. The van der Waals surface area contributed by atoms with Crippen LogP contribution in [0, 0.1) is 6.92 Å². The lowest BCUT2D eigenvalue weighted by Gasteiger charge is -2.18. The van der Waals surface area contributed by atoms with Crippen molar-refractivity contribution in [2.24, 2.45) is 0 Å². The Morgan fingerprint density at radius 1 is 1.50 bits per heavy atom. The number of hydrogen-bond acceptors (Lipinski definition) is 4. The molecule has 1 aliphatic rings. The Morgan fingerprint density at radius 2 is 2.25 bits per heavy atom. The molecule has 1 aliphatic heterocycles. The molecule has 2 rings (SSSR count). The van der Waals surface area contributed by atoms with Gasteiger partial charge in [0.05, 0.1) is 5.69 Å². The maximum Gasteiger partial charge on any atom is 0.313 e. The zero-order valence-corrected chi connectivity index (χ0v) is 10.2. The van der Waals surface area contributed by atoms with Gasteiger partial charge in [-0.25, -0.2) is 9.97 Å². The molecule has 0 saturated heterocycles. The molecule has 16 heavy (non-hydrogen) atoms. The Labute approximate surface area is 98.5 Å². The van der Waals surface area contributed by atoms with Crippen LogP contribution < -0.4 is 0 Å². The van der Waals surface area contributed by atoms with Crippen molar-refractivity contribution >= 4 is 17.7 Å². The Kier molecular flexibility index (Phi) is 3.14. The Morgan fingerprint density at radius 3 is 2.94 bits per heavy atom. The number of aliphatic carboxylic acids is 1. The summed E-state index contributed by atoms with van der Waals surface area (Å²) < 4.78 is 0. The van der Waals surface area contributed by atoms with Gasteiger partial charge in [0.25, 0.3) is 0 Å². The lowest BCUT2D eigenvalue weighted by molar-refractivity contribution is -0.138. The van der Waals surface area contributed by atoms with Crippen LogP contribution in [0.3, 0.4) is 0 Å². The van der Waals surface area contributed by atoms with E-state index in [2.05, 4.69) is 9.97 Å². The van der Waals surface area contributed by atoms with Crippen LogP contribution in [0.15, 0.2) is 0 Å². The second kappa shape index (κ2) is 4.41. The summed E-state index contributed by atoms with van der Waals surface area (Å²) in [7, 11) is 0. The van der Waals surface area contributed by atoms with Gasteiger partial charge < -0.3 is 5.11 Å². The molecule has 1 unspecified atom stereocenters. The average Bonchev–Trinajstić information content (AvgIpc) is 2.28. The zero-order chi connectivity index (χ0) is 11.7. The Balaban J connectivity index is 2.42. The minimum absolute atomic E-state index is 0.436. The quantitative estimate of drug-likeness (QED) is 0.850. The molecule has 2 heterocycles. The summed E-state index contributed by atoms with van der Waals surface area (Å²) in [4.78, 5) is 19.6. The van der Waals surface area contributed by atoms with E-state index in [-0.39, 0.29) is 0 Å².